The summed E-state index contributed by atoms with van der Waals surface area (Å²) >= 11 is 0. The third kappa shape index (κ3) is 3.08. The molecule has 0 heteroatoms. The summed E-state index contributed by atoms with van der Waals surface area (Å²) in [6.07, 6.45) is 11.7. The standard InChI is InChI=1S/C28H34/c1-6-19-14-23-10-12-25(27(23)16-21(19)8-3)18(5)26-13-11-24-15-20(7-2)22(9-4)17-28(24)26/h12-18H,6-11H2,1-5H3. The maximum absolute atomic E-state index is 2.50. The van der Waals surface area contributed by atoms with Gasteiger partial charge in [-0.15, -0.1) is 0 Å². The Bertz CT molecular complexity index is 889. The number of rotatable bonds is 6. The lowest BCUT2D eigenvalue weighted by atomic mass is 9.84. The van der Waals surface area contributed by atoms with Crippen LogP contribution in [0.4, 0.5) is 0 Å². The second kappa shape index (κ2) is 7.74. The SMILES string of the molecule is CCc1cc2c(cc1CC)C(C(C)C1=CCc3cc(CC)c(CC)cc31)=CC2. The fraction of sp³-hybridized carbons (Fsp3) is 0.429. The van der Waals surface area contributed by atoms with Crippen molar-refractivity contribution in [3.05, 3.63) is 80.9 Å². The van der Waals surface area contributed by atoms with E-state index in [1.54, 1.807) is 11.1 Å². The van der Waals surface area contributed by atoms with Gasteiger partial charge < -0.3 is 0 Å². The van der Waals surface area contributed by atoms with E-state index in [0.29, 0.717) is 5.92 Å². The van der Waals surface area contributed by atoms with E-state index in [1.807, 2.05) is 0 Å². The minimum atomic E-state index is 0.469. The molecular weight excluding hydrogens is 336 g/mol. The molecule has 2 aliphatic carbocycles. The Morgan fingerprint density at radius 3 is 1.32 bits per heavy atom. The normalized spacial score (nSPS) is 14.9. The van der Waals surface area contributed by atoms with Crippen LogP contribution in [0.1, 0.15) is 79.1 Å². The van der Waals surface area contributed by atoms with Crippen LogP contribution in [-0.4, -0.2) is 0 Å². The van der Waals surface area contributed by atoms with Gasteiger partial charge in [0, 0.05) is 5.92 Å². The zero-order chi connectivity index (χ0) is 19.8. The fourth-order valence-electron chi connectivity index (χ4n) is 5.32. The van der Waals surface area contributed by atoms with Crippen molar-refractivity contribution in [1.29, 1.82) is 0 Å². The van der Waals surface area contributed by atoms with Gasteiger partial charge in [-0.3, -0.25) is 0 Å². The molecule has 146 valence electrons. The summed E-state index contributed by atoms with van der Waals surface area (Å²) in [6, 6.07) is 9.95. The predicted octanol–water partition coefficient (Wildman–Crippen LogP) is 7.15. The molecule has 0 aliphatic heterocycles. The van der Waals surface area contributed by atoms with Gasteiger partial charge in [0.15, 0.2) is 0 Å². The van der Waals surface area contributed by atoms with Crippen LogP contribution in [0.3, 0.4) is 0 Å². The quantitative estimate of drug-likeness (QED) is 0.506. The monoisotopic (exact) mass is 370 g/mol. The molecule has 4 rings (SSSR count). The number of hydrogen-bond acceptors (Lipinski definition) is 0. The molecule has 0 amide bonds. The Hall–Kier alpha value is -2.08. The molecule has 0 fully saturated rings. The summed E-state index contributed by atoms with van der Waals surface area (Å²) in [5.41, 5.74) is 15.3. The lowest BCUT2D eigenvalue weighted by molar-refractivity contribution is 0.982. The number of hydrogen-bond donors (Lipinski definition) is 0. The van der Waals surface area contributed by atoms with E-state index in [4.69, 9.17) is 0 Å². The summed E-state index contributed by atoms with van der Waals surface area (Å²) in [5, 5.41) is 0. The highest BCUT2D eigenvalue weighted by Crippen LogP contribution is 2.44. The second-order valence-corrected chi connectivity index (χ2v) is 8.42. The van der Waals surface area contributed by atoms with Crippen LogP contribution in [0.5, 0.6) is 0 Å². The lowest BCUT2D eigenvalue weighted by Gasteiger charge is -2.20. The van der Waals surface area contributed by atoms with Gasteiger partial charge in [-0.25, -0.2) is 0 Å². The molecule has 0 heterocycles. The van der Waals surface area contributed by atoms with Crippen LogP contribution in [0, 0.1) is 5.92 Å². The van der Waals surface area contributed by atoms with Gasteiger partial charge in [0.05, 0.1) is 0 Å². The zero-order valence-electron chi connectivity index (χ0n) is 18.3. The van der Waals surface area contributed by atoms with Crippen LogP contribution in [0.2, 0.25) is 0 Å². The Kier molecular flexibility index (Phi) is 5.32. The maximum Gasteiger partial charge on any atom is 0.00669 e. The van der Waals surface area contributed by atoms with E-state index in [9.17, 15) is 0 Å². The van der Waals surface area contributed by atoms with Crippen molar-refractivity contribution in [2.45, 2.75) is 73.1 Å². The molecule has 0 N–H and O–H groups in total. The van der Waals surface area contributed by atoms with E-state index in [-0.39, 0.29) is 0 Å². The molecule has 0 saturated heterocycles. The highest BCUT2D eigenvalue weighted by Gasteiger charge is 2.27. The number of allylic oxidation sites excluding steroid dienone is 4. The van der Waals surface area contributed by atoms with Crippen LogP contribution in [0.25, 0.3) is 11.1 Å². The van der Waals surface area contributed by atoms with Gasteiger partial charge in [0.25, 0.3) is 0 Å². The van der Waals surface area contributed by atoms with Gasteiger partial charge in [-0.1, -0.05) is 71.0 Å². The van der Waals surface area contributed by atoms with E-state index < -0.39 is 0 Å². The Morgan fingerprint density at radius 2 is 0.964 bits per heavy atom. The molecule has 0 nitrogen and oxygen atoms in total. The molecular formula is C28H34. The van der Waals surface area contributed by atoms with Crippen molar-refractivity contribution in [2.75, 3.05) is 0 Å². The highest BCUT2D eigenvalue weighted by molar-refractivity contribution is 5.88. The van der Waals surface area contributed by atoms with E-state index in [2.05, 4.69) is 71.0 Å². The Morgan fingerprint density at radius 1 is 0.607 bits per heavy atom. The first-order valence-electron chi connectivity index (χ1n) is 11.3. The van der Waals surface area contributed by atoms with E-state index in [0.717, 1.165) is 38.5 Å². The van der Waals surface area contributed by atoms with Gasteiger partial charge in [-0.05, 0) is 94.2 Å². The first kappa shape index (κ1) is 19.2. The topological polar surface area (TPSA) is 0 Å². The summed E-state index contributed by atoms with van der Waals surface area (Å²) in [6.45, 7) is 11.6. The molecule has 0 spiro atoms. The van der Waals surface area contributed by atoms with Crippen molar-refractivity contribution in [1.82, 2.24) is 0 Å². The minimum Gasteiger partial charge on any atom is -0.0757 e. The molecule has 0 saturated carbocycles. The second-order valence-electron chi connectivity index (χ2n) is 8.42. The van der Waals surface area contributed by atoms with E-state index >= 15 is 0 Å². The molecule has 2 aromatic rings. The summed E-state index contributed by atoms with van der Waals surface area (Å²) in [4.78, 5) is 0. The largest absolute Gasteiger partial charge is 0.0757 e. The Balaban J connectivity index is 1.70. The van der Waals surface area contributed by atoms with Crippen molar-refractivity contribution in [3.8, 4) is 0 Å². The first-order chi connectivity index (χ1) is 13.6. The average molecular weight is 371 g/mol. The summed E-state index contributed by atoms with van der Waals surface area (Å²) in [7, 11) is 0. The van der Waals surface area contributed by atoms with E-state index in [1.165, 1.54) is 44.5 Å². The van der Waals surface area contributed by atoms with Gasteiger partial charge in [-0.2, -0.15) is 0 Å². The number of fused-ring (bicyclic) bond motifs is 2. The third-order valence-corrected chi connectivity index (χ3v) is 7.01. The van der Waals surface area contributed by atoms with Crippen molar-refractivity contribution < 1.29 is 0 Å². The molecule has 2 aromatic carbocycles. The molecule has 0 radical (unpaired) electrons. The average Bonchev–Trinajstić information content (AvgIpc) is 3.34. The molecule has 28 heavy (non-hydrogen) atoms. The lowest BCUT2D eigenvalue weighted by Crippen LogP contribution is -2.04. The Labute approximate surface area is 171 Å². The smallest absolute Gasteiger partial charge is 0.00669 e. The molecule has 0 aromatic heterocycles. The van der Waals surface area contributed by atoms with Crippen molar-refractivity contribution in [2.24, 2.45) is 5.92 Å². The van der Waals surface area contributed by atoms with Crippen molar-refractivity contribution in [3.63, 3.8) is 0 Å². The van der Waals surface area contributed by atoms with Crippen LogP contribution in [0.15, 0.2) is 36.4 Å². The maximum atomic E-state index is 2.50. The van der Waals surface area contributed by atoms with Gasteiger partial charge in [0.1, 0.15) is 0 Å². The van der Waals surface area contributed by atoms with Gasteiger partial charge in [0.2, 0.25) is 0 Å². The third-order valence-electron chi connectivity index (χ3n) is 7.01. The molecule has 0 bridgehead atoms. The zero-order valence-corrected chi connectivity index (χ0v) is 18.3. The van der Waals surface area contributed by atoms with Crippen LogP contribution < -0.4 is 0 Å². The summed E-state index contributed by atoms with van der Waals surface area (Å²) < 4.78 is 0. The fourth-order valence-corrected chi connectivity index (χ4v) is 5.32. The summed E-state index contributed by atoms with van der Waals surface area (Å²) in [5.74, 6) is 0.469. The molecule has 2 aliphatic rings. The first-order valence-corrected chi connectivity index (χ1v) is 11.3. The number of aryl methyl sites for hydroxylation is 4. The van der Waals surface area contributed by atoms with Gasteiger partial charge >= 0.3 is 0 Å². The van der Waals surface area contributed by atoms with Crippen LogP contribution in [-0.2, 0) is 38.5 Å². The van der Waals surface area contributed by atoms with Crippen molar-refractivity contribution >= 4 is 11.1 Å². The highest BCUT2D eigenvalue weighted by atomic mass is 14.3. The number of benzene rings is 2. The molecule has 0 atom stereocenters. The van der Waals surface area contributed by atoms with Crippen LogP contribution >= 0.6 is 0 Å². The minimum absolute atomic E-state index is 0.469. The molecule has 0 unspecified atom stereocenters. The predicted molar refractivity (Wildman–Crippen MR) is 123 cm³/mol.